The molecule has 5 rings (SSSR count). The zero-order valence-corrected chi connectivity index (χ0v) is 25.2. The summed E-state index contributed by atoms with van der Waals surface area (Å²) in [6.07, 6.45) is -0.736. The van der Waals surface area contributed by atoms with Crippen LogP contribution in [0.5, 0.6) is 5.75 Å². The Bertz CT molecular complexity index is 1540. The summed E-state index contributed by atoms with van der Waals surface area (Å²) >= 11 is 0. The van der Waals surface area contributed by atoms with Crippen LogP contribution >= 0.6 is 0 Å². The van der Waals surface area contributed by atoms with E-state index in [4.69, 9.17) is 4.74 Å². The Kier molecular flexibility index (Phi) is 8.81. The van der Waals surface area contributed by atoms with Crippen molar-refractivity contribution in [1.82, 2.24) is 10.2 Å². The third-order valence-electron chi connectivity index (χ3n) is 8.30. The molecule has 1 aliphatic rings. The van der Waals surface area contributed by atoms with E-state index in [1.54, 1.807) is 4.90 Å². The second-order valence-corrected chi connectivity index (χ2v) is 11.3. The van der Waals surface area contributed by atoms with E-state index in [1.807, 2.05) is 87.5 Å². The molecule has 0 aliphatic carbocycles. The van der Waals surface area contributed by atoms with Crippen LogP contribution in [0.15, 0.2) is 91.0 Å². The normalized spacial score (nSPS) is 17.4. The minimum atomic E-state index is -0.875. The molecule has 0 radical (unpaired) electrons. The van der Waals surface area contributed by atoms with E-state index >= 15 is 0 Å². The van der Waals surface area contributed by atoms with Gasteiger partial charge in [-0.25, -0.2) is 0 Å². The quantitative estimate of drug-likeness (QED) is 0.237. The van der Waals surface area contributed by atoms with Crippen molar-refractivity contribution in [2.24, 2.45) is 5.92 Å². The Labute approximate surface area is 249 Å². The lowest BCUT2D eigenvalue weighted by molar-refractivity contribution is -0.149. The van der Waals surface area contributed by atoms with Gasteiger partial charge in [-0.2, -0.15) is 0 Å². The lowest BCUT2D eigenvalue weighted by Gasteiger charge is -2.36. The van der Waals surface area contributed by atoms with Gasteiger partial charge in [0, 0.05) is 37.0 Å². The molecule has 42 heavy (non-hydrogen) atoms. The van der Waals surface area contributed by atoms with Crippen molar-refractivity contribution >= 4 is 28.3 Å². The number of ether oxygens (including phenoxy) is 1. The molecule has 1 heterocycles. The Morgan fingerprint density at radius 3 is 2.31 bits per heavy atom. The minimum absolute atomic E-state index is 0.101. The van der Waals surface area contributed by atoms with Crippen LogP contribution in [-0.4, -0.2) is 35.9 Å². The molecule has 4 aromatic carbocycles. The number of fused-ring (bicyclic) bond motifs is 2. The first kappa shape index (κ1) is 29.2. The maximum Gasteiger partial charge on any atom is 0.265 e. The number of rotatable bonds is 9. The Balaban J connectivity index is 1.66. The first-order valence-electron chi connectivity index (χ1n) is 15.0. The number of anilines is 1. The first-order valence-corrected chi connectivity index (χ1v) is 15.0. The fourth-order valence-electron chi connectivity index (χ4n) is 6.00. The molecule has 6 heteroatoms. The number of amides is 2. The van der Waals surface area contributed by atoms with Crippen LogP contribution in [0.1, 0.15) is 63.4 Å². The van der Waals surface area contributed by atoms with E-state index in [0.29, 0.717) is 17.9 Å². The monoisotopic (exact) mass is 563 g/mol. The summed E-state index contributed by atoms with van der Waals surface area (Å²) in [5, 5.41) is 5.29. The maximum atomic E-state index is 14.5. The summed E-state index contributed by atoms with van der Waals surface area (Å²) in [6.45, 7) is 12.3. The molecule has 2 amide bonds. The van der Waals surface area contributed by atoms with Crippen molar-refractivity contribution in [3.05, 3.63) is 108 Å². The largest absolute Gasteiger partial charge is 0.480 e. The summed E-state index contributed by atoms with van der Waals surface area (Å²) in [5.41, 5.74) is 3.69. The Morgan fingerprint density at radius 2 is 1.60 bits per heavy atom. The topological polar surface area (TPSA) is 61.9 Å². The molecule has 0 bridgehead atoms. The van der Waals surface area contributed by atoms with E-state index in [0.717, 1.165) is 40.7 Å². The molecule has 4 aromatic rings. The van der Waals surface area contributed by atoms with E-state index in [-0.39, 0.29) is 17.7 Å². The Morgan fingerprint density at radius 1 is 0.905 bits per heavy atom. The molecule has 0 fully saturated rings. The number of nitrogens with one attached hydrogen (secondary N) is 1. The van der Waals surface area contributed by atoms with Gasteiger partial charge in [0.2, 0.25) is 5.91 Å². The van der Waals surface area contributed by atoms with Gasteiger partial charge < -0.3 is 19.9 Å². The highest BCUT2D eigenvalue weighted by Crippen LogP contribution is 2.43. The minimum Gasteiger partial charge on any atom is -0.480 e. The van der Waals surface area contributed by atoms with Gasteiger partial charge in [0.25, 0.3) is 5.91 Å². The number of hydrogen-bond donors (Lipinski definition) is 1. The van der Waals surface area contributed by atoms with Crippen LogP contribution in [0.4, 0.5) is 5.69 Å². The molecule has 0 aromatic heterocycles. The predicted molar refractivity (Wildman–Crippen MR) is 169 cm³/mol. The molecule has 3 atom stereocenters. The lowest BCUT2D eigenvalue weighted by Crippen LogP contribution is -2.49. The highest BCUT2D eigenvalue weighted by Gasteiger charge is 2.44. The molecule has 1 aliphatic heterocycles. The molecular weight excluding hydrogens is 522 g/mol. The fraction of sp³-hybridized carbons (Fsp3) is 0.333. The summed E-state index contributed by atoms with van der Waals surface area (Å²) in [7, 11) is 0. The predicted octanol–water partition coefficient (Wildman–Crippen LogP) is 7.05. The van der Waals surface area contributed by atoms with Crippen molar-refractivity contribution in [2.75, 3.05) is 18.0 Å². The third kappa shape index (κ3) is 5.71. The van der Waals surface area contributed by atoms with Crippen LogP contribution in [0.2, 0.25) is 0 Å². The highest BCUT2D eigenvalue weighted by molar-refractivity contribution is 5.93. The van der Waals surface area contributed by atoms with Crippen molar-refractivity contribution in [2.45, 2.75) is 59.4 Å². The SMILES string of the molecule is CCN(CC)c1ccc2c(c1)OC(C(C)C)C(=O)N(C(C)c1cccc3ccccc13)C2C(=O)NCc1ccccc1. The van der Waals surface area contributed by atoms with Crippen LogP contribution in [-0.2, 0) is 16.1 Å². The average Bonchev–Trinajstić information content (AvgIpc) is 3.14. The molecule has 0 saturated heterocycles. The summed E-state index contributed by atoms with van der Waals surface area (Å²) in [5.74, 6) is 0.0600. The lowest BCUT2D eigenvalue weighted by atomic mass is 9.94. The van der Waals surface area contributed by atoms with E-state index in [9.17, 15) is 9.59 Å². The molecule has 6 nitrogen and oxygen atoms in total. The van der Waals surface area contributed by atoms with Crippen molar-refractivity contribution < 1.29 is 14.3 Å². The first-order chi connectivity index (χ1) is 20.3. The van der Waals surface area contributed by atoms with Gasteiger partial charge in [0.1, 0.15) is 11.8 Å². The molecule has 0 saturated carbocycles. The number of hydrogen-bond acceptors (Lipinski definition) is 4. The van der Waals surface area contributed by atoms with E-state index < -0.39 is 18.2 Å². The van der Waals surface area contributed by atoms with Gasteiger partial charge in [0.05, 0.1) is 6.04 Å². The van der Waals surface area contributed by atoms with Crippen molar-refractivity contribution in [1.29, 1.82) is 0 Å². The number of carbonyl (C=O) groups is 2. The van der Waals surface area contributed by atoms with Gasteiger partial charge in [-0.15, -0.1) is 0 Å². The number of carbonyl (C=O) groups excluding carboxylic acids is 2. The maximum absolute atomic E-state index is 14.5. The van der Waals surface area contributed by atoms with Gasteiger partial charge >= 0.3 is 0 Å². The molecular formula is C36H41N3O3. The van der Waals surface area contributed by atoms with E-state index in [1.165, 1.54) is 0 Å². The van der Waals surface area contributed by atoms with E-state index in [2.05, 4.69) is 48.3 Å². The third-order valence-corrected chi connectivity index (χ3v) is 8.30. The average molecular weight is 564 g/mol. The zero-order chi connectivity index (χ0) is 29.8. The zero-order valence-electron chi connectivity index (χ0n) is 25.2. The summed E-state index contributed by atoms with van der Waals surface area (Å²) in [4.78, 5) is 32.8. The molecule has 1 N–H and O–H groups in total. The molecule has 218 valence electrons. The molecule has 3 unspecified atom stereocenters. The van der Waals surface area contributed by atoms with Crippen LogP contribution in [0.25, 0.3) is 10.8 Å². The van der Waals surface area contributed by atoms with Crippen molar-refractivity contribution in [3.63, 3.8) is 0 Å². The standard InChI is InChI=1S/C36H41N3O3/c1-6-38(7-2)28-20-21-31-32(22-28)42-34(24(3)4)36(41)39(33(31)35(40)37-23-26-14-9-8-10-15-26)25(5)29-19-13-17-27-16-11-12-18-30(27)29/h8-22,24-25,33-34H,6-7,23H2,1-5H3,(H,37,40). The van der Waals surface area contributed by atoms with Gasteiger partial charge in [-0.05, 0) is 54.7 Å². The summed E-state index contributed by atoms with van der Waals surface area (Å²) < 4.78 is 6.56. The second-order valence-electron chi connectivity index (χ2n) is 11.3. The number of nitrogens with zero attached hydrogens (tertiary/aromatic N) is 2. The highest BCUT2D eigenvalue weighted by atomic mass is 16.5. The molecule has 0 spiro atoms. The second kappa shape index (κ2) is 12.7. The van der Waals surface area contributed by atoms with Crippen LogP contribution in [0.3, 0.4) is 0 Å². The van der Waals surface area contributed by atoms with Crippen LogP contribution < -0.4 is 15.0 Å². The fourth-order valence-corrected chi connectivity index (χ4v) is 6.00. The smallest absolute Gasteiger partial charge is 0.265 e. The van der Waals surface area contributed by atoms with Gasteiger partial charge in [0.15, 0.2) is 6.10 Å². The summed E-state index contributed by atoms with van der Waals surface area (Å²) in [6, 6.07) is 28.9. The van der Waals surface area contributed by atoms with Gasteiger partial charge in [-0.3, -0.25) is 9.59 Å². The Hall–Kier alpha value is -4.32. The van der Waals surface area contributed by atoms with Crippen LogP contribution in [0, 0.1) is 5.92 Å². The van der Waals surface area contributed by atoms with Crippen molar-refractivity contribution in [3.8, 4) is 5.75 Å². The van der Waals surface area contributed by atoms with Gasteiger partial charge in [-0.1, -0.05) is 92.7 Å². The number of benzene rings is 4.